The Balaban J connectivity index is 1.77. The lowest BCUT2D eigenvalue weighted by atomic mass is 9.78. The molecule has 3 aliphatic heterocycles. The minimum Gasteiger partial charge on any atom is -0.362 e. The number of anilines is 1. The zero-order valence-corrected chi connectivity index (χ0v) is 12.3. The summed E-state index contributed by atoms with van der Waals surface area (Å²) in [5.74, 6) is -1.08. The van der Waals surface area contributed by atoms with Crippen LogP contribution in [-0.2, 0) is 14.3 Å². The first-order chi connectivity index (χ1) is 9.51. The summed E-state index contributed by atoms with van der Waals surface area (Å²) in [6.45, 7) is 1.88. The molecule has 2 bridgehead atoms. The van der Waals surface area contributed by atoms with Crippen molar-refractivity contribution in [1.29, 1.82) is 0 Å². The molecule has 4 nitrogen and oxygen atoms in total. The van der Waals surface area contributed by atoms with Gasteiger partial charge in [-0.05, 0) is 31.2 Å². The Labute approximate surface area is 124 Å². The first-order valence-electron chi connectivity index (χ1n) is 6.52. The van der Waals surface area contributed by atoms with Crippen molar-refractivity contribution in [2.45, 2.75) is 18.6 Å². The van der Waals surface area contributed by atoms with Crippen LogP contribution in [0, 0.1) is 11.8 Å². The van der Waals surface area contributed by atoms with Crippen LogP contribution in [0.2, 0.25) is 0 Å². The Bertz CT molecular complexity index is 654. The van der Waals surface area contributed by atoms with Gasteiger partial charge in [-0.3, -0.25) is 9.59 Å². The van der Waals surface area contributed by atoms with E-state index in [0.29, 0.717) is 5.69 Å². The topological polar surface area (TPSA) is 46.6 Å². The molecular weight excluding hydrogens is 322 g/mol. The Morgan fingerprint density at radius 3 is 2.55 bits per heavy atom. The fraction of sp³-hybridized carbons (Fsp3) is 0.333. The molecule has 20 heavy (non-hydrogen) atoms. The van der Waals surface area contributed by atoms with Crippen LogP contribution in [0.5, 0.6) is 0 Å². The molecule has 2 fully saturated rings. The molecule has 0 N–H and O–H groups in total. The van der Waals surface area contributed by atoms with Gasteiger partial charge >= 0.3 is 0 Å². The third-order valence-corrected chi connectivity index (χ3v) is 4.94. The number of hydrogen-bond acceptors (Lipinski definition) is 3. The lowest BCUT2D eigenvalue weighted by molar-refractivity contribution is -0.126. The zero-order chi connectivity index (χ0) is 14.1. The Morgan fingerprint density at radius 2 is 1.90 bits per heavy atom. The van der Waals surface area contributed by atoms with Gasteiger partial charge in [-0.2, -0.15) is 0 Å². The first kappa shape index (κ1) is 12.3. The quantitative estimate of drug-likeness (QED) is 0.585. The first-order valence-corrected chi connectivity index (χ1v) is 7.31. The molecule has 0 saturated carbocycles. The molecule has 5 heteroatoms. The predicted octanol–water partition coefficient (Wildman–Crippen LogP) is 2.28. The second-order valence-corrected chi connectivity index (χ2v) is 6.53. The molecule has 0 radical (unpaired) electrons. The van der Waals surface area contributed by atoms with Crippen LogP contribution < -0.4 is 4.90 Å². The maximum absolute atomic E-state index is 12.7. The average Bonchev–Trinajstić information content (AvgIpc) is 3.01. The van der Waals surface area contributed by atoms with Crippen molar-refractivity contribution < 1.29 is 14.3 Å². The molecule has 2 saturated heterocycles. The smallest absolute Gasteiger partial charge is 0.241 e. The highest BCUT2D eigenvalue weighted by Crippen LogP contribution is 2.52. The van der Waals surface area contributed by atoms with Crippen molar-refractivity contribution in [3.05, 3.63) is 40.9 Å². The van der Waals surface area contributed by atoms with Crippen molar-refractivity contribution >= 4 is 33.4 Å². The van der Waals surface area contributed by atoms with E-state index in [2.05, 4.69) is 15.9 Å². The van der Waals surface area contributed by atoms with Gasteiger partial charge in [0.1, 0.15) is 0 Å². The summed E-state index contributed by atoms with van der Waals surface area (Å²) in [6.07, 6.45) is 3.55. The van der Waals surface area contributed by atoms with Gasteiger partial charge in [0.05, 0.1) is 29.2 Å². The number of halogens is 1. The SMILES string of the molecule is C[C@@]12C=C[C@@H](O1)[C@@H]1C(=O)N(c3ccc(Br)cc3)C(=O)[C@@H]12. The van der Waals surface area contributed by atoms with E-state index in [9.17, 15) is 9.59 Å². The number of benzene rings is 1. The van der Waals surface area contributed by atoms with E-state index in [1.807, 2.05) is 31.2 Å². The van der Waals surface area contributed by atoms with Crippen LogP contribution >= 0.6 is 15.9 Å². The summed E-state index contributed by atoms with van der Waals surface area (Å²) < 4.78 is 6.70. The molecule has 102 valence electrons. The van der Waals surface area contributed by atoms with Gasteiger partial charge in [0, 0.05) is 4.47 Å². The van der Waals surface area contributed by atoms with Gasteiger partial charge in [-0.25, -0.2) is 4.90 Å². The summed E-state index contributed by atoms with van der Waals surface area (Å²) in [6, 6.07) is 7.21. The van der Waals surface area contributed by atoms with Crippen LogP contribution in [-0.4, -0.2) is 23.5 Å². The molecule has 0 aromatic heterocycles. The number of carbonyl (C=O) groups is 2. The molecule has 2 amide bonds. The van der Waals surface area contributed by atoms with E-state index in [4.69, 9.17) is 4.74 Å². The minimum atomic E-state index is -0.633. The highest BCUT2D eigenvalue weighted by molar-refractivity contribution is 9.10. The second kappa shape index (κ2) is 3.80. The number of rotatable bonds is 1. The van der Waals surface area contributed by atoms with E-state index < -0.39 is 11.5 Å². The van der Waals surface area contributed by atoms with E-state index >= 15 is 0 Å². The maximum Gasteiger partial charge on any atom is 0.241 e. The van der Waals surface area contributed by atoms with Crippen molar-refractivity contribution in [1.82, 2.24) is 0 Å². The van der Waals surface area contributed by atoms with Crippen molar-refractivity contribution in [2.75, 3.05) is 4.90 Å². The molecular formula is C15H12BrNO3. The number of fused-ring (bicyclic) bond motifs is 5. The monoisotopic (exact) mass is 333 g/mol. The molecule has 0 spiro atoms. The highest BCUT2D eigenvalue weighted by Gasteiger charge is 2.65. The normalized spacial score (nSPS) is 37.9. The fourth-order valence-electron chi connectivity index (χ4n) is 3.50. The second-order valence-electron chi connectivity index (χ2n) is 5.62. The number of nitrogens with zero attached hydrogens (tertiary/aromatic N) is 1. The number of carbonyl (C=O) groups excluding carboxylic acids is 2. The summed E-state index contributed by atoms with van der Waals surface area (Å²) in [4.78, 5) is 26.6. The van der Waals surface area contributed by atoms with E-state index in [1.165, 1.54) is 4.90 Å². The van der Waals surface area contributed by atoms with Crippen molar-refractivity contribution in [3.63, 3.8) is 0 Å². The minimum absolute atomic E-state index is 0.152. The molecule has 4 rings (SSSR count). The number of hydrogen-bond donors (Lipinski definition) is 0. The number of ether oxygens (including phenoxy) is 1. The van der Waals surface area contributed by atoms with Gasteiger partial charge in [-0.1, -0.05) is 28.1 Å². The highest BCUT2D eigenvalue weighted by atomic mass is 79.9. The van der Waals surface area contributed by atoms with Crippen LogP contribution in [0.15, 0.2) is 40.9 Å². The summed E-state index contributed by atoms with van der Waals surface area (Å²) in [5.41, 5.74) is -0.00719. The third kappa shape index (κ3) is 1.39. The van der Waals surface area contributed by atoms with Gasteiger partial charge in [0.25, 0.3) is 0 Å². The molecule has 0 unspecified atom stereocenters. The summed E-state index contributed by atoms with van der Waals surface area (Å²) >= 11 is 3.35. The zero-order valence-electron chi connectivity index (χ0n) is 10.7. The molecule has 3 aliphatic rings. The Kier molecular flexibility index (Phi) is 2.34. The predicted molar refractivity (Wildman–Crippen MR) is 76.0 cm³/mol. The summed E-state index contributed by atoms with van der Waals surface area (Å²) in [5, 5.41) is 0. The summed E-state index contributed by atoms with van der Waals surface area (Å²) in [7, 11) is 0. The maximum atomic E-state index is 12.7. The Morgan fingerprint density at radius 1 is 1.20 bits per heavy atom. The van der Waals surface area contributed by atoms with E-state index in [0.717, 1.165) is 4.47 Å². The molecule has 1 aromatic carbocycles. The molecule has 1 aromatic rings. The molecule has 3 heterocycles. The van der Waals surface area contributed by atoms with Gasteiger partial charge in [-0.15, -0.1) is 0 Å². The third-order valence-electron chi connectivity index (χ3n) is 4.41. The van der Waals surface area contributed by atoms with Crippen LogP contribution in [0.3, 0.4) is 0 Å². The van der Waals surface area contributed by atoms with Crippen molar-refractivity contribution in [3.8, 4) is 0 Å². The van der Waals surface area contributed by atoms with Gasteiger partial charge in [0.15, 0.2) is 0 Å². The average molecular weight is 334 g/mol. The Hall–Kier alpha value is -1.46. The van der Waals surface area contributed by atoms with Crippen molar-refractivity contribution in [2.24, 2.45) is 11.8 Å². The fourth-order valence-corrected chi connectivity index (χ4v) is 3.76. The lowest BCUT2D eigenvalue weighted by Gasteiger charge is -2.24. The number of imide groups is 1. The van der Waals surface area contributed by atoms with Crippen LogP contribution in [0.4, 0.5) is 5.69 Å². The van der Waals surface area contributed by atoms with E-state index in [1.54, 1.807) is 12.1 Å². The lowest BCUT2D eigenvalue weighted by Crippen LogP contribution is -2.38. The number of amides is 2. The standard InChI is InChI=1S/C15H12BrNO3/c1-15-7-6-10(20-15)11-12(15)14(19)17(13(11)18)9-4-2-8(16)3-5-9/h2-7,10-12H,1H3/t10-,11+,12-,15+/m1/s1. The van der Waals surface area contributed by atoms with E-state index in [-0.39, 0.29) is 23.8 Å². The molecule has 4 atom stereocenters. The largest absolute Gasteiger partial charge is 0.362 e. The van der Waals surface area contributed by atoms with Gasteiger partial charge < -0.3 is 4.74 Å². The molecule has 0 aliphatic carbocycles. The van der Waals surface area contributed by atoms with Crippen LogP contribution in [0.1, 0.15) is 6.92 Å². The van der Waals surface area contributed by atoms with Crippen LogP contribution in [0.25, 0.3) is 0 Å². The van der Waals surface area contributed by atoms with Gasteiger partial charge in [0.2, 0.25) is 11.8 Å².